The predicted molar refractivity (Wildman–Crippen MR) is 64.0 cm³/mol. The van der Waals surface area contributed by atoms with Gasteiger partial charge >= 0.3 is 0 Å². The molecule has 0 bridgehead atoms. The zero-order valence-corrected chi connectivity index (χ0v) is 9.56. The summed E-state index contributed by atoms with van der Waals surface area (Å²) in [6.07, 6.45) is 4.18. The Morgan fingerprint density at radius 1 is 1.24 bits per heavy atom. The summed E-state index contributed by atoms with van der Waals surface area (Å²) in [5, 5.41) is 0.759. The number of para-hydroxylation sites is 1. The highest BCUT2D eigenvalue weighted by Gasteiger charge is 2.13. The van der Waals surface area contributed by atoms with Crippen LogP contribution < -0.4 is 0 Å². The molecule has 0 spiro atoms. The van der Waals surface area contributed by atoms with Crippen LogP contribution in [0.15, 0.2) is 24.4 Å². The van der Waals surface area contributed by atoms with Crippen molar-refractivity contribution in [1.82, 2.24) is 14.9 Å². The van der Waals surface area contributed by atoms with E-state index in [9.17, 15) is 4.39 Å². The molecular weight excluding hydrogens is 217 g/mol. The summed E-state index contributed by atoms with van der Waals surface area (Å²) in [7, 11) is 0. The summed E-state index contributed by atoms with van der Waals surface area (Å²) < 4.78 is 13.6. The van der Waals surface area contributed by atoms with Crippen molar-refractivity contribution in [3.05, 3.63) is 36.0 Å². The van der Waals surface area contributed by atoms with Crippen molar-refractivity contribution < 1.29 is 4.39 Å². The van der Waals surface area contributed by atoms with E-state index in [4.69, 9.17) is 0 Å². The standard InChI is InChI=1S/C13H14FN3/c14-11-5-3-4-10-8-15-12(16-13(10)11)9-17-6-1-2-7-17/h3-5,8H,1-2,6-7,9H2. The third-order valence-corrected chi connectivity index (χ3v) is 3.18. The Hall–Kier alpha value is -1.55. The van der Waals surface area contributed by atoms with Gasteiger partial charge in [0.05, 0.1) is 6.54 Å². The molecule has 1 fully saturated rings. The van der Waals surface area contributed by atoms with Crippen LogP contribution in [-0.4, -0.2) is 28.0 Å². The highest BCUT2D eigenvalue weighted by atomic mass is 19.1. The molecule has 2 heterocycles. The van der Waals surface area contributed by atoms with Crippen LogP contribution in [0.4, 0.5) is 4.39 Å². The third kappa shape index (κ3) is 2.13. The fourth-order valence-electron chi connectivity index (χ4n) is 2.27. The Balaban J connectivity index is 1.92. The van der Waals surface area contributed by atoms with Gasteiger partial charge in [-0.3, -0.25) is 4.90 Å². The van der Waals surface area contributed by atoms with Gasteiger partial charge in [0, 0.05) is 11.6 Å². The second-order valence-electron chi connectivity index (χ2n) is 4.45. The summed E-state index contributed by atoms with van der Waals surface area (Å²) in [4.78, 5) is 10.9. The lowest BCUT2D eigenvalue weighted by Gasteiger charge is -2.13. The average molecular weight is 231 g/mol. The van der Waals surface area contributed by atoms with E-state index in [1.165, 1.54) is 18.9 Å². The van der Waals surface area contributed by atoms with Gasteiger partial charge in [0.2, 0.25) is 0 Å². The van der Waals surface area contributed by atoms with E-state index < -0.39 is 0 Å². The van der Waals surface area contributed by atoms with E-state index in [0.29, 0.717) is 11.3 Å². The van der Waals surface area contributed by atoms with Crippen LogP contribution in [0.25, 0.3) is 10.9 Å². The zero-order valence-electron chi connectivity index (χ0n) is 9.56. The largest absolute Gasteiger partial charge is 0.296 e. The molecule has 3 rings (SSSR count). The van der Waals surface area contributed by atoms with Crippen molar-refractivity contribution in [2.45, 2.75) is 19.4 Å². The Kier molecular flexibility index (Phi) is 2.73. The van der Waals surface area contributed by atoms with Crippen molar-refractivity contribution in [2.75, 3.05) is 13.1 Å². The predicted octanol–water partition coefficient (Wildman–Crippen LogP) is 2.36. The van der Waals surface area contributed by atoms with Gasteiger partial charge in [-0.1, -0.05) is 12.1 Å². The molecular formula is C13H14FN3. The Morgan fingerprint density at radius 3 is 2.88 bits per heavy atom. The molecule has 2 aromatic rings. The molecule has 1 aromatic carbocycles. The molecule has 0 N–H and O–H groups in total. The molecule has 17 heavy (non-hydrogen) atoms. The minimum atomic E-state index is -0.271. The van der Waals surface area contributed by atoms with Gasteiger partial charge in [0.1, 0.15) is 17.2 Å². The first-order chi connectivity index (χ1) is 8.33. The maximum atomic E-state index is 13.6. The van der Waals surface area contributed by atoms with Gasteiger partial charge in [-0.25, -0.2) is 14.4 Å². The first-order valence-electron chi connectivity index (χ1n) is 5.95. The minimum Gasteiger partial charge on any atom is -0.296 e. The molecule has 0 unspecified atom stereocenters. The quantitative estimate of drug-likeness (QED) is 0.794. The number of hydrogen-bond donors (Lipinski definition) is 0. The molecule has 88 valence electrons. The number of halogens is 1. The normalized spacial score (nSPS) is 16.8. The van der Waals surface area contributed by atoms with Crippen molar-refractivity contribution in [1.29, 1.82) is 0 Å². The first-order valence-corrected chi connectivity index (χ1v) is 5.95. The fourth-order valence-corrected chi connectivity index (χ4v) is 2.27. The van der Waals surface area contributed by atoms with Crippen molar-refractivity contribution in [2.24, 2.45) is 0 Å². The first kappa shape index (κ1) is 10.6. The number of nitrogens with zero attached hydrogens (tertiary/aromatic N) is 3. The molecule has 3 nitrogen and oxygen atoms in total. The summed E-state index contributed by atoms with van der Waals surface area (Å²) >= 11 is 0. The van der Waals surface area contributed by atoms with E-state index >= 15 is 0 Å². The number of likely N-dealkylation sites (tertiary alicyclic amines) is 1. The van der Waals surface area contributed by atoms with Crippen LogP contribution in [-0.2, 0) is 6.54 Å². The topological polar surface area (TPSA) is 29.0 Å². The highest BCUT2D eigenvalue weighted by Crippen LogP contribution is 2.16. The molecule has 0 saturated carbocycles. The van der Waals surface area contributed by atoms with Gasteiger partial charge in [0.25, 0.3) is 0 Å². The smallest absolute Gasteiger partial charge is 0.149 e. The van der Waals surface area contributed by atoms with E-state index in [2.05, 4.69) is 14.9 Å². The minimum absolute atomic E-state index is 0.271. The van der Waals surface area contributed by atoms with Crippen molar-refractivity contribution in [3.63, 3.8) is 0 Å². The number of benzene rings is 1. The zero-order chi connectivity index (χ0) is 11.7. The van der Waals surface area contributed by atoms with Crippen LogP contribution in [0.5, 0.6) is 0 Å². The molecule has 0 radical (unpaired) electrons. The monoisotopic (exact) mass is 231 g/mol. The van der Waals surface area contributed by atoms with Crippen LogP contribution in [0.3, 0.4) is 0 Å². The Bertz CT molecular complexity index is 535. The van der Waals surface area contributed by atoms with Crippen LogP contribution in [0.2, 0.25) is 0 Å². The molecule has 0 amide bonds. The summed E-state index contributed by atoms with van der Waals surface area (Å²) in [6, 6.07) is 4.95. The van der Waals surface area contributed by atoms with Crippen LogP contribution >= 0.6 is 0 Å². The molecule has 1 aliphatic heterocycles. The van der Waals surface area contributed by atoms with Crippen molar-refractivity contribution in [3.8, 4) is 0 Å². The maximum absolute atomic E-state index is 13.6. The van der Waals surface area contributed by atoms with Gasteiger partial charge < -0.3 is 0 Å². The second-order valence-corrected chi connectivity index (χ2v) is 4.45. The molecule has 0 aliphatic carbocycles. The maximum Gasteiger partial charge on any atom is 0.149 e. The van der Waals surface area contributed by atoms with Gasteiger partial charge in [-0.15, -0.1) is 0 Å². The van der Waals surface area contributed by atoms with E-state index in [1.807, 2.05) is 6.07 Å². The fraction of sp³-hybridized carbons (Fsp3) is 0.385. The van der Waals surface area contributed by atoms with Gasteiger partial charge in [-0.05, 0) is 32.0 Å². The molecule has 1 saturated heterocycles. The van der Waals surface area contributed by atoms with E-state index in [-0.39, 0.29) is 5.82 Å². The van der Waals surface area contributed by atoms with E-state index in [0.717, 1.165) is 25.0 Å². The lowest BCUT2D eigenvalue weighted by atomic mass is 10.2. The third-order valence-electron chi connectivity index (χ3n) is 3.18. The average Bonchev–Trinajstić information content (AvgIpc) is 2.83. The molecule has 4 heteroatoms. The number of rotatable bonds is 2. The lowest BCUT2D eigenvalue weighted by Crippen LogP contribution is -2.20. The summed E-state index contributed by atoms with van der Waals surface area (Å²) in [6.45, 7) is 2.92. The highest BCUT2D eigenvalue weighted by molar-refractivity contribution is 5.77. The Morgan fingerprint density at radius 2 is 2.06 bits per heavy atom. The SMILES string of the molecule is Fc1cccc2cnc(CN3CCCC3)nc12. The molecule has 1 aliphatic rings. The molecule has 1 aromatic heterocycles. The number of fused-ring (bicyclic) bond motifs is 1. The van der Waals surface area contributed by atoms with Gasteiger partial charge in [-0.2, -0.15) is 0 Å². The van der Waals surface area contributed by atoms with Gasteiger partial charge in [0.15, 0.2) is 0 Å². The van der Waals surface area contributed by atoms with Crippen LogP contribution in [0, 0.1) is 5.82 Å². The van der Waals surface area contributed by atoms with Crippen LogP contribution in [0.1, 0.15) is 18.7 Å². The Labute approximate surface area is 99.3 Å². The lowest BCUT2D eigenvalue weighted by molar-refractivity contribution is 0.323. The molecule has 0 atom stereocenters. The second kappa shape index (κ2) is 4.37. The van der Waals surface area contributed by atoms with E-state index in [1.54, 1.807) is 12.3 Å². The summed E-state index contributed by atoms with van der Waals surface area (Å²) in [5.74, 6) is 0.442. The van der Waals surface area contributed by atoms with Crippen molar-refractivity contribution >= 4 is 10.9 Å². The summed E-state index contributed by atoms with van der Waals surface area (Å²) in [5.41, 5.74) is 0.427. The number of aromatic nitrogens is 2. The number of hydrogen-bond acceptors (Lipinski definition) is 3.